The lowest BCUT2D eigenvalue weighted by molar-refractivity contribution is -0.151. The maximum Gasteiger partial charge on any atom is 0.310 e. The lowest BCUT2D eigenvalue weighted by atomic mass is 9.98. The molecule has 150 valence electrons. The van der Waals surface area contributed by atoms with Gasteiger partial charge in [0.15, 0.2) is 0 Å². The maximum absolute atomic E-state index is 12.6. The van der Waals surface area contributed by atoms with Crippen LogP contribution in [0.4, 0.5) is 0 Å². The lowest BCUT2D eigenvalue weighted by Gasteiger charge is -2.31. The van der Waals surface area contributed by atoms with Gasteiger partial charge in [-0.05, 0) is 54.5 Å². The highest BCUT2D eigenvalue weighted by molar-refractivity contribution is 7.99. The van der Waals surface area contributed by atoms with Crippen LogP contribution in [0.25, 0.3) is 5.69 Å². The number of piperidine rings is 1. The van der Waals surface area contributed by atoms with E-state index in [0.717, 1.165) is 24.3 Å². The molecule has 1 aliphatic rings. The SMILES string of the molecule is CCOC(=O)[C@H]1CCCN(C(=O)CSc2nnnn2-c2ccc(OC)cc2)C1. The van der Waals surface area contributed by atoms with Crippen LogP contribution < -0.4 is 4.74 Å². The Morgan fingerprint density at radius 3 is 2.79 bits per heavy atom. The Morgan fingerprint density at radius 2 is 2.07 bits per heavy atom. The van der Waals surface area contributed by atoms with Crippen molar-refractivity contribution in [2.75, 3.05) is 32.6 Å². The van der Waals surface area contributed by atoms with E-state index in [1.54, 1.807) is 23.6 Å². The van der Waals surface area contributed by atoms with Crippen LogP contribution in [-0.4, -0.2) is 69.5 Å². The molecule has 3 rings (SSSR count). The van der Waals surface area contributed by atoms with Gasteiger partial charge in [-0.3, -0.25) is 9.59 Å². The number of likely N-dealkylation sites (tertiary alicyclic amines) is 1. The smallest absolute Gasteiger partial charge is 0.310 e. The van der Waals surface area contributed by atoms with Gasteiger partial charge in [-0.25, -0.2) is 0 Å². The summed E-state index contributed by atoms with van der Waals surface area (Å²) in [6.07, 6.45) is 1.55. The zero-order valence-electron chi connectivity index (χ0n) is 15.9. The summed E-state index contributed by atoms with van der Waals surface area (Å²) in [4.78, 5) is 26.3. The van der Waals surface area contributed by atoms with Crippen LogP contribution in [0, 0.1) is 5.92 Å². The summed E-state index contributed by atoms with van der Waals surface area (Å²) in [5.41, 5.74) is 0.779. The van der Waals surface area contributed by atoms with E-state index in [0.29, 0.717) is 24.9 Å². The summed E-state index contributed by atoms with van der Waals surface area (Å²) in [6, 6.07) is 7.32. The monoisotopic (exact) mass is 405 g/mol. The van der Waals surface area contributed by atoms with Crippen molar-refractivity contribution in [3.63, 3.8) is 0 Å². The number of esters is 1. The van der Waals surface area contributed by atoms with E-state index in [-0.39, 0.29) is 23.5 Å². The number of aromatic nitrogens is 4. The molecular weight excluding hydrogens is 382 g/mol. The van der Waals surface area contributed by atoms with Crippen molar-refractivity contribution in [2.45, 2.75) is 24.9 Å². The number of hydrogen-bond acceptors (Lipinski definition) is 8. The molecule has 1 aromatic heterocycles. The van der Waals surface area contributed by atoms with Gasteiger partial charge in [-0.2, -0.15) is 4.68 Å². The molecule has 10 heteroatoms. The Balaban J connectivity index is 1.59. The number of hydrogen-bond donors (Lipinski definition) is 0. The Kier molecular flexibility index (Phi) is 6.85. The largest absolute Gasteiger partial charge is 0.497 e. The molecule has 1 saturated heterocycles. The second-order valence-electron chi connectivity index (χ2n) is 6.29. The minimum atomic E-state index is -0.243. The van der Waals surface area contributed by atoms with E-state index in [1.807, 2.05) is 24.3 Å². The topological polar surface area (TPSA) is 99.4 Å². The van der Waals surface area contributed by atoms with E-state index in [4.69, 9.17) is 9.47 Å². The second-order valence-corrected chi connectivity index (χ2v) is 7.23. The fourth-order valence-corrected chi connectivity index (χ4v) is 3.82. The van der Waals surface area contributed by atoms with Gasteiger partial charge >= 0.3 is 5.97 Å². The van der Waals surface area contributed by atoms with E-state index >= 15 is 0 Å². The Labute approximate surface area is 167 Å². The number of rotatable bonds is 7. The molecule has 1 aliphatic heterocycles. The average Bonchev–Trinajstić information content (AvgIpc) is 3.21. The number of ether oxygens (including phenoxy) is 2. The van der Waals surface area contributed by atoms with Crippen molar-refractivity contribution in [1.82, 2.24) is 25.1 Å². The number of methoxy groups -OCH3 is 1. The molecule has 2 heterocycles. The molecule has 0 aliphatic carbocycles. The molecule has 0 spiro atoms. The van der Waals surface area contributed by atoms with Gasteiger partial charge in [0.25, 0.3) is 0 Å². The van der Waals surface area contributed by atoms with Gasteiger partial charge < -0.3 is 14.4 Å². The number of carbonyl (C=O) groups is 2. The first-order chi connectivity index (χ1) is 13.6. The number of amides is 1. The number of benzene rings is 1. The molecule has 0 unspecified atom stereocenters. The average molecular weight is 405 g/mol. The Hall–Kier alpha value is -2.62. The number of carbonyl (C=O) groups excluding carboxylic acids is 2. The highest BCUT2D eigenvalue weighted by Gasteiger charge is 2.29. The first-order valence-corrected chi connectivity index (χ1v) is 10.1. The van der Waals surface area contributed by atoms with Gasteiger partial charge in [-0.1, -0.05) is 11.8 Å². The van der Waals surface area contributed by atoms with Crippen LogP contribution in [0.5, 0.6) is 5.75 Å². The third-order valence-electron chi connectivity index (χ3n) is 4.48. The predicted octanol–water partition coefficient (Wildman–Crippen LogP) is 1.56. The molecular formula is C18H23N5O4S. The van der Waals surface area contributed by atoms with E-state index in [1.165, 1.54) is 11.8 Å². The minimum absolute atomic E-state index is 0.0386. The molecule has 0 radical (unpaired) electrons. The van der Waals surface area contributed by atoms with Gasteiger partial charge in [0, 0.05) is 13.1 Å². The van der Waals surface area contributed by atoms with Crippen LogP contribution in [0.3, 0.4) is 0 Å². The van der Waals surface area contributed by atoms with Crippen LogP contribution >= 0.6 is 11.8 Å². The van der Waals surface area contributed by atoms with Gasteiger partial charge in [0.05, 0.1) is 31.1 Å². The maximum atomic E-state index is 12.6. The summed E-state index contributed by atoms with van der Waals surface area (Å²) >= 11 is 1.27. The van der Waals surface area contributed by atoms with Gasteiger partial charge in [-0.15, -0.1) is 5.10 Å². The third kappa shape index (κ3) is 4.80. The molecule has 1 amide bonds. The summed E-state index contributed by atoms with van der Waals surface area (Å²) in [5, 5.41) is 12.2. The number of tetrazole rings is 1. The first-order valence-electron chi connectivity index (χ1n) is 9.12. The quantitative estimate of drug-likeness (QED) is 0.505. The van der Waals surface area contributed by atoms with Crippen molar-refractivity contribution in [2.24, 2.45) is 5.92 Å². The van der Waals surface area contributed by atoms with Crippen LogP contribution in [0.2, 0.25) is 0 Å². The summed E-state index contributed by atoms with van der Waals surface area (Å²) < 4.78 is 11.8. The van der Waals surface area contributed by atoms with Crippen LogP contribution in [0.15, 0.2) is 29.4 Å². The molecule has 1 fully saturated rings. The number of thioether (sulfide) groups is 1. The summed E-state index contributed by atoms with van der Waals surface area (Å²) in [5.74, 6) is 0.431. The van der Waals surface area contributed by atoms with Crippen molar-refractivity contribution in [1.29, 1.82) is 0 Å². The van der Waals surface area contributed by atoms with Gasteiger partial charge in [0.2, 0.25) is 11.1 Å². The molecule has 0 bridgehead atoms. The first kappa shape index (κ1) is 20.1. The Morgan fingerprint density at radius 1 is 1.29 bits per heavy atom. The zero-order valence-corrected chi connectivity index (χ0v) is 16.7. The van der Waals surface area contributed by atoms with Crippen molar-refractivity contribution < 1.29 is 19.1 Å². The molecule has 2 aromatic rings. The zero-order chi connectivity index (χ0) is 19.9. The van der Waals surface area contributed by atoms with Crippen molar-refractivity contribution >= 4 is 23.6 Å². The van der Waals surface area contributed by atoms with Crippen molar-refractivity contribution in [3.8, 4) is 11.4 Å². The molecule has 0 saturated carbocycles. The fraction of sp³-hybridized carbons (Fsp3) is 0.500. The normalized spacial score (nSPS) is 16.6. The van der Waals surface area contributed by atoms with Crippen LogP contribution in [-0.2, 0) is 14.3 Å². The summed E-state index contributed by atoms with van der Waals surface area (Å²) in [6.45, 7) is 3.20. The molecule has 28 heavy (non-hydrogen) atoms. The van der Waals surface area contributed by atoms with Crippen molar-refractivity contribution in [3.05, 3.63) is 24.3 Å². The molecule has 9 nitrogen and oxygen atoms in total. The molecule has 1 aromatic carbocycles. The highest BCUT2D eigenvalue weighted by atomic mass is 32.2. The third-order valence-corrected chi connectivity index (χ3v) is 5.38. The Bertz CT molecular complexity index is 811. The van der Waals surface area contributed by atoms with Gasteiger partial charge in [0.1, 0.15) is 5.75 Å². The second kappa shape index (κ2) is 9.54. The molecule has 0 N–H and O–H groups in total. The molecule has 1 atom stereocenters. The van der Waals surface area contributed by atoms with E-state index in [9.17, 15) is 9.59 Å². The minimum Gasteiger partial charge on any atom is -0.497 e. The highest BCUT2D eigenvalue weighted by Crippen LogP contribution is 2.23. The standard InChI is InChI=1S/C18H23N5O4S/c1-3-27-17(25)13-5-4-10-22(11-13)16(24)12-28-18-19-20-21-23(18)14-6-8-15(26-2)9-7-14/h6-9,13H,3-5,10-12H2,1-2H3/t13-/m0/s1. The summed E-state index contributed by atoms with van der Waals surface area (Å²) in [7, 11) is 1.60. The predicted molar refractivity (Wildman–Crippen MR) is 102 cm³/mol. The van der Waals surface area contributed by atoms with E-state index < -0.39 is 0 Å². The number of nitrogens with zero attached hydrogens (tertiary/aromatic N) is 5. The fourth-order valence-electron chi connectivity index (χ4n) is 3.03. The lowest BCUT2D eigenvalue weighted by Crippen LogP contribution is -2.43. The van der Waals surface area contributed by atoms with Crippen LogP contribution in [0.1, 0.15) is 19.8 Å². The van der Waals surface area contributed by atoms with E-state index in [2.05, 4.69) is 15.5 Å².